The summed E-state index contributed by atoms with van der Waals surface area (Å²) in [5.74, 6) is -0.345. The number of anilines is 1. The molecule has 0 saturated heterocycles. The van der Waals surface area contributed by atoms with Crippen molar-refractivity contribution in [1.82, 2.24) is 5.32 Å². The fraction of sp³-hybridized carbons (Fsp3) is 0.133. The van der Waals surface area contributed by atoms with Crippen LogP contribution in [0.15, 0.2) is 54.6 Å². The Bertz CT molecular complexity index is 613. The molecule has 0 aromatic heterocycles. The van der Waals surface area contributed by atoms with Crippen LogP contribution in [-0.2, 0) is 6.54 Å². The molecular weight excluding hydrogens is 297 g/mol. The molecule has 116 valence electrons. The molecule has 2 aromatic carbocycles. The van der Waals surface area contributed by atoms with E-state index in [2.05, 4.69) is 15.4 Å². The standard InChI is InChI=1S/C15H13F3N2O2/c16-15(17,18)22-13-8-6-12(7-9-13)20-14(21)19-10-11-4-2-1-3-5-11/h1-9H,10H2,(H2,19,20,21). The third kappa shape index (κ3) is 5.35. The third-order valence-electron chi connectivity index (χ3n) is 2.64. The normalized spacial score (nSPS) is 10.9. The highest BCUT2D eigenvalue weighted by Gasteiger charge is 2.30. The Hall–Kier alpha value is -2.70. The van der Waals surface area contributed by atoms with Gasteiger partial charge in [-0.1, -0.05) is 30.3 Å². The molecule has 2 N–H and O–H groups in total. The Labute approximate surface area is 124 Å². The van der Waals surface area contributed by atoms with Crippen molar-refractivity contribution in [2.75, 3.05) is 5.32 Å². The highest BCUT2D eigenvalue weighted by molar-refractivity contribution is 5.89. The number of carbonyl (C=O) groups excluding carboxylic acids is 1. The van der Waals surface area contributed by atoms with Crippen LogP contribution in [-0.4, -0.2) is 12.4 Å². The quantitative estimate of drug-likeness (QED) is 0.899. The van der Waals surface area contributed by atoms with E-state index in [1.807, 2.05) is 30.3 Å². The number of rotatable bonds is 4. The van der Waals surface area contributed by atoms with Gasteiger partial charge in [-0.3, -0.25) is 0 Å². The van der Waals surface area contributed by atoms with Gasteiger partial charge in [0.05, 0.1) is 0 Å². The molecule has 0 aliphatic carbocycles. The Balaban J connectivity index is 1.84. The topological polar surface area (TPSA) is 50.4 Å². The van der Waals surface area contributed by atoms with Gasteiger partial charge in [-0.05, 0) is 29.8 Å². The average molecular weight is 310 g/mol. The second-order valence-electron chi connectivity index (χ2n) is 4.37. The molecule has 0 fully saturated rings. The first kappa shape index (κ1) is 15.7. The number of ether oxygens (including phenoxy) is 1. The van der Waals surface area contributed by atoms with Crippen molar-refractivity contribution in [2.24, 2.45) is 0 Å². The zero-order valence-electron chi connectivity index (χ0n) is 11.4. The lowest BCUT2D eigenvalue weighted by atomic mass is 10.2. The number of nitrogens with one attached hydrogen (secondary N) is 2. The third-order valence-corrected chi connectivity index (χ3v) is 2.64. The lowest BCUT2D eigenvalue weighted by Crippen LogP contribution is -2.28. The van der Waals surface area contributed by atoms with Crippen LogP contribution < -0.4 is 15.4 Å². The molecule has 0 bridgehead atoms. The van der Waals surface area contributed by atoms with Gasteiger partial charge in [0.25, 0.3) is 0 Å². The van der Waals surface area contributed by atoms with Gasteiger partial charge in [-0.25, -0.2) is 4.79 Å². The smallest absolute Gasteiger partial charge is 0.406 e. The molecule has 2 amide bonds. The number of hydrogen-bond donors (Lipinski definition) is 2. The molecule has 0 saturated carbocycles. The van der Waals surface area contributed by atoms with Crippen LogP contribution in [0.4, 0.5) is 23.7 Å². The van der Waals surface area contributed by atoms with Crippen LogP contribution in [0.1, 0.15) is 5.56 Å². The molecule has 22 heavy (non-hydrogen) atoms. The van der Waals surface area contributed by atoms with Crippen LogP contribution in [0.3, 0.4) is 0 Å². The number of carbonyl (C=O) groups is 1. The van der Waals surface area contributed by atoms with Gasteiger partial charge in [-0.15, -0.1) is 13.2 Å². The van der Waals surface area contributed by atoms with Gasteiger partial charge in [0.15, 0.2) is 0 Å². The number of amides is 2. The van der Waals surface area contributed by atoms with Crippen molar-refractivity contribution in [1.29, 1.82) is 0 Å². The van der Waals surface area contributed by atoms with Gasteiger partial charge < -0.3 is 15.4 Å². The van der Waals surface area contributed by atoms with E-state index < -0.39 is 12.4 Å². The average Bonchev–Trinajstić information content (AvgIpc) is 2.47. The van der Waals surface area contributed by atoms with E-state index in [1.165, 1.54) is 12.1 Å². The molecular formula is C15H13F3N2O2. The van der Waals surface area contributed by atoms with Crippen molar-refractivity contribution < 1.29 is 22.7 Å². The Morgan fingerprint density at radius 2 is 1.64 bits per heavy atom. The Morgan fingerprint density at radius 3 is 2.23 bits per heavy atom. The summed E-state index contributed by atoms with van der Waals surface area (Å²) < 4.78 is 39.8. The number of hydrogen-bond acceptors (Lipinski definition) is 2. The van der Waals surface area contributed by atoms with E-state index >= 15 is 0 Å². The van der Waals surface area contributed by atoms with Crippen LogP contribution in [0.5, 0.6) is 5.75 Å². The Kier molecular flexibility index (Phi) is 4.88. The summed E-state index contributed by atoms with van der Waals surface area (Å²) >= 11 is 0. The summed E-state index contributed by atoms with van der Waals surface area (Å²) in [6.45, 7) is 0.349. The molecule has 0 unspecified atom stereocenters. The maximum Gasteiger partial charge on any atom is 0.573 e. The monoisotopic (exact) mass is 310 g/mol. The van der Waals surface area contributed by atoms with E-state index in [0.29, 0.717) is 12.2 Å². The maximum absolute atomic E-state index is 12.0. The van der Waals surface area contributed by atoms with Gasteiger partial charge in [0, 0.05) is 12.2 Å². The van der Waals surface area contributed by atoms with Crippen molar-refractivity contribution in [3.63, 3.8) is 0 Å². The maximum atomic E-state index is 12.0. The summed E-state index contributed by atoms with van der Waals surface area (Å²) in [6.07, 6.45) is -4.73. The predicted octanol–water partition coefficient (Wildman–Crippen LogP) is 3.91. The number of benzene rings is 2. The van der Waals surface area contributed by atoms with Crippen molar-refractivity contribution >= 4 is 11.7 Å². The van der Waals surface area contributed by atoms with E-state index in [-0.39, 0.29) is 5.75 Å². The van der Waals surface area contributed by atoms with Gasteiger partial charge in [-0.2, -0.15) is 0 Å². The van der Waals surface area contributed by atoms with E-state index in [4.69, 9.17) is 0 Å². The molecule has 4 nitrogen and oxygen atoms in total. The molecule has 2 aromatic rings. The first-order valence-electron chi connectivity index (χ1n) is 6.37. The van der Waals surface area contributed by atoms with E-state index in [0.717, 1.165) is 17.7 Å². The Morgan fingerprint density at radius 1 is 1.00 bits per heavy atom. The first-order valence-corrected chi connectivity index (χ1v) is 6.37. The molecule has 0 spiro atoms. The summed E-state index contributed by atoms with van der Waals surface area (Å²) in [7, 11) is 0. The van der Waals surface area contributed by atoms with Crippen molar-refractivity contribution in [3.05, 3.63) is 60.2 Å². The number of halogens is 3. The minimum atomic E-state index is -4.73. The fourth-order valence-electron chi connectivity index (χ4n) is 1.69. The van der Waals surface area contributed by atoms with Gasteiger partial charge in [0.1, 0.15) is 5.75 Å². The highest BCUT2D eigenvalue weighted by Crippen LogP contribution is 2.23. The zero-order valence-corrected chi connectivity index (χ0v) is 11.4. The highest BCUT2D eigenvalue weighted by atomic mass is 19.4. The van der Waals surface area contributed by atoms with Crippen molar-refractivity contribution in [2.45, 2.75) is 12.9 Å². The first-order chi connectivity index (χ1) is 10.4. The second kappa shape index (κ2) is 6.84. The number of urea groups is 1. The van der Waals surface area contributed by atoms with Crippen LogP contribution >= 0.6 is 0 Å². The second-order valence-corrected chi connectivity index (χ2v) is 4.37. The summed E-state index contributed by atoms with van der Waals surface area (Å²) in [4.78, 5) is 11.7. The lowest BCUT2D eigenvalue weighted by Gasteiger charge is -2.10. The molecule has 2 rings (SSSR count). The molecule has 0 atom stereocenters. The molecule has 0 heterocycles. The summed E-state index contributed by atoms with van der Waals surface area (Å²) in [5, 5.41) is 5.15. The SMILES string of the molecule is O=C(NCc1ccccc1)Nc1ccc(OC(F)(F)F)cc1. The fourth-order valence-corrected chi connectivity index (χ4v) is 1.69. The molecule has 0 radical (unpaired) electrons. The number of alkyl halides is 3. The van der Waals surface area contributed by atoms with Gasteiger partial charge >= 0.3 is 12.4 Å². The van der Waals surface area contributed by atoms with E-state index in [1.54, 1.807) is 0 Å². The van der Waals surface area contributed by atoms with Crippen LogP contribution in [0, 0.1) is 0 Å². The minimum Gasteiger partial charge on any atom is -0.406 e. The predicted molar refractivity (Wildman–Crippen MR) is 75.4 cm³/mol. The largest absolute Gasteiger partial charge is 0.573 e. The molecule has 7 heteroatoms. The summed E-state index contributed by atoms with van der Waals surface area (Å²) in [5.41, 5.74) is 1.30. The molecule has 0 aliphatic rings. The van der Waals surface area contributed by atoms with Gasteiger partial charge in [0.2, 0.25) is 0 Å². The summed E-state index contributed by atoms with van der Waals surface area (Å²) in [6, 6.07) is 13.8. The zero-order chi connectivity index (χ0) is 16.0. The lowest BCUT2D eigenvalue weighted by molar-refractivity contribution is -0.274. The molecule has 0 aliphatic heterocycles. The minimum absolute atomic E-state index is 0.345. The van der Waals surface area contributed by atoms with Crippen LogP contribution in [0.25, 0.3) is 0 Å². The van der Waals surface area contributed by atoms with Crippen LogP contribution in [0.2, 0.25) is 0 Å². The van der Waals surface area contributed by atoms with E-state index in [9.17, 15) is 18.0 Å². The van der Waals surface area contributed by atoms with Crippen molar-refractivity contribution in [3.8, 4) is 5.75 Å².